The molecule has 0 radical (unpaired) electrons. The number of carbonyl (C=O) groups excluding carboxylic acids is 1. The van der Waals surface area contributed by atoms with Gasteiger partial charge in [-0.3, -0.25) is 4.79 Å². The molecule has 5 heteroatoms. The molecule has 0 aliphatic carbocycles. The first-order chi connectivity index (χ1) is 9.81. The fraction of sp³-hybridized carbons (Fsp3) is 0.562. The summed E-state index contributed by atoms with van der Waals surface area (Å²) in [5.74, 6) is 0.0507. The summed E-state index contributed by atoms with van der Waals surface area (Å²) in [6.07, 6.45) is 2.78. The summed E-state index contributed by atoms with van der Waals surface area (Å²) in [4.78, 5) is 14.6. The number of benzene rings is 1. The molecule has 1 aliphatic rings. The Morgan fingerprint density at radius 1 is 1.43 bits per heavy atom. The third-order valence-corrected chi connectivity index (χ3v) is 4.99. The summed E-state index contributed by atoms with van der Waals surface area (Å²) < 4.78 is 0. The highest BCUT2D eigenvalue weighted by atomic mass is 35.5. The maximum atomic E-state index is 12.3. The topological polar surface area (TPSA) is 32.3 Å². The van der Waals surface area contributed by atoms with Crippen LogP contribution in [0.1, 0.15) is 38.7 Å². The van der Waals surface area contributed by atoms with Gasteiger partial charge in [-0.2, -0.15) is 0 Å². The molecule has 0 bridgehead atoms. The van der Waals surface area contributed by atoms with E-state index in [1.54, 1.807) is 6.07 Å². The molecule has 1 N–H and O–H groups in total. The Morgan fingerprint density at radius 3 is 2.76 bits per heavy atom. The lowest BCUT2D eigenvalue weighted by Gasteiger charge is -2.29. The van der Waals surface area contributed by atoms with Gasteiger partial charge in [-0.05, 0) is 51.9 Å². The van der Waals surface area contributed by atoms with E-state index in [0.717, 1.165) is 24.9 Å². The van der Waals surface area contributed by atoms with Crippen molar-refractivity contribution in [1.29, 1.82) is 0 Å². The average Bonchev–Trinajstić information content (AvgIpc) is 2.77. The van der Waals surface area contributed by atoms with Crippen molar-refractivity contribution in [2.24, 2.45) is 0 Å². The summed E-state index contributed by atoms with van der Waals surface area (Å²) in [5.41, 5.74) is 0.292. The van der Waals surface area contributed by atoms with E-state index in [2.05, 4.69) is 17.3 Å². The minimum absolute atomic E-state index is 0.0507. The average molecular weight is 329 g/mol. The van der Waals surface area contributed by atoms with Crippen LogP contribution in [-0.4, -0.2) is 30.4 Å². The molecule has 1 atom stereocenters. The Hall–Kier alpha value is -0.770. The summed E-state index contributed by atoms with van der Waals surface area (Å²) in [7, 11) is 2.07. The van der Waals surface area contributed by atoms with Crippen LogP contribution < -0.4 is 5.32 Å². The molecule has 21 heavy (non-hydrogen) atoms. The Labute approximate surface area is 136 Å². The molecular weight excluding hydrogens is 307 g/mol. The zero-order chi connectivity index (χ0) is 15.6. The Kier molecular flexibility index (Phi) is 5.18. The molecule has 0 saturated carbocycles. The van der Waals surface area contributed by atoms with Crippen LogP contribution >= 0.6 is 23.2 Å². The van der Waals surface area contributed by atoms with Crippen LogP contribution in [0.3, 0.4) is 0 Å². The standard InChI is InChI=1S/C16H22Cl2N2O/c1-16(2,12-7-4-8-13(17)15(12)18)19-14(21)10-11-6-5-9-20(11)3/h4,7-8,11H,5-6,9-10H2,1-3H3,(H,19,21). The van der Waals surface area contributed by atoms with Crippen molar-refractivity contribution in [3.05, 3.63) is 33.8 Å². The van der Waals surface area contributed by atoms with Crippen molar-refractivity contribution in [3.8, 4) is 0 Å². The van der Waals surface area contributed by atoms with Gasteiger partial charge in [0.2, 0.25) is 5.91 Å². The molecule has 1 aliphatic heterocycles. The van der Waals surface area contributed by atoms with Gasteiger partial charge in [0.15, 0.2) is 0 Å². The minimum atomic E-state index is -0.545. The maximum Gasteiger partial charge on any atom is 0.222 e. The molecule has 1 saturated heterocycles. The summed E-state index contributed by atoms with van der Waals surface area (Å²) in [5, 5.41) is 4.09. The molecule has 1 fully saturated rings. The summed E-state index contributed by atoms with van der Waals surface area (Å²) in [6, 6.07) is 5.84. The molecule has 0 aromatic heterocycles. The summed E-state index contributed by atoms with van der Waals surface area (Å²) in [6.45, 7) is 4.96. The molecule has 1 unspecified atom stereocenters. The van der Waals surface area contributed by atoms with Gasteiger partial charge in [0.25, 0.3) is 0 Å². The zero-order valence-corrected chi connectivity index (χ0v) is 14.3. The normalized spacial score (nSPS) is 19.8. The second-order valence-electron chi connectivity index (χ2n) is 6.26. The molecule has 1 amide bonds. The van der Waals surface area contributed by atoms with E-state index in [9.17, 15) is 4.79 Å². The first-order valence-corrected chi connectivity index (χ1v) is 8.02. The molecule has 1 aromatic rings. The molecule has 1 aromatic carbocycles. The highest BCUT2D eigenvalue weighted by Gasteiger charge is 2.29. The second-order valence-corrected chi connectivity index (χ2v) is 7.04. The molecule has 3 nitrogen and oxygen atoms in total. The Balaban J connectivity index is 2.06. The van der Waals surface area contributed by atoms with Gasteiger partial charge in [-0.1, -0.05) is 35.3 Å². The third kappa shape index (κ3) is 3.91. The number of amides is 1. The predicted molar refractivity (Wildman–Crippen MR) is 87.9 cm³/mol. The lowest BCUT2D eigenvalue weighted by molar-refractivity contribution is -0.123. The van der Waals surface area contributed by atoms with Crippen molar-refractivity contribution in [2.75, 3.05) is 13.6 Å². The summed E-state index contributed by atoms with van der Waals surface area (Å²) >= 11 is 12.3. The molecule has 116 valence electrons. The zero-order valence-electron chi connectivity index (χ0n) is 12.7. The van der Waals surface area contributed by atoms with Gasteiger partial charge in [0.05, 0.1) is 15.6 Å². The third-order valence-electron chi connectivity index (χ3n) is 4.17. The lowest BCUT2D eigenvalue weighted by atomic mass is 9.93. The maximum absolute atomic E-state index is 12.3. The van der Waals surface area contributed by atoms with E-state index in [0.29, 0.717) is 22.5 Å². The number of halogens is 2. The molecule has 1 heterocycles. The largest absolute Gasteiger partial charge is 0.347 e. The van der Waals surface area contributed by atoms with E-state index < -0.39 is 5.54 Å². The number of hydrogen-bond acceptors (Lipinski definition) is 2. The SMILES string of the molecule is CN1CCCC1CC(=O)NC(C)(C)c1cccc(Cl)c1Cl. The molecule has 0 spiro atoms. The van der Waals surface area contributed by atoms with Crippen LogP contribution in [0.25, 0.3) is 0 Å². The predicted octanol–water partition coefficient (Wildman–Crippen LogP) is 3.83. The van der Waals surface area contributed by atoms with Gasteiger partial charge in [0, 0.05) is 12.5 Å². The number of nitrogens with zero attached hydrogens (tertiary/aromatic N) is 1. The molecule has 2 rings (SSSR count). The van der Waals surface area contributed by atoms with Crippen molar-refractivity contribution < 1.29 is 4.79 Å². The van der Waals surface area contributed by atoms with Crippen molar-refractivity contribution >= 4 is 29.1 Å². The first-order valence-electron chi connectivity index (χ1n) is 7.27. The van der Waals surface area contributed by atoms with Crippen molar-refractivity contribution in [3.63, 3.8) is 0 Å². The van der Waals surface area contributed by atoms with E-state index in [-0.39, 0.29) is 5.91 Å². The number of nitrogens with one attached hydrogen (secondary N) is 1. The van der Waals surface area contributed by atoms with E-state index in [1.807, 2.05) is 26.0 Å². The fourth-order valence-electron chi connectivity index (χ4n) is 2.90. The highest BCUT2D eigenvalue weighted by molar-refractivity contribution is 6.42. The highest BCUT2D eigenvalue weighted by Crippen LogP contribution is 2.33. The number of hydrogen-bond donors (Lipinski definition) is 1. The van der Waals surface area contributed by atoms with E-state index in [1.165, 1.54) is 0 Å². The second kappa shape index (κ2) is 6.55. The van der Waals surface area contributed by atoms with Crippen molar-refractivity contribution in [1.82, 2.24) is 10.2 Å². The Bertz CT molecular complexity index is 531. The van der Waals surface area contributed by atoms with Gasteiger partial charge < -0.3 is 10.2 Å². The van der Waals surface area contributed by atoms with Crippen LogP contribution in [0.15, 0.2) is 18.2 Å². The lowest BCUT2D eigenvalue weighted by Crippen LogP contribution is -2.43. The van der Waals surface area contributed by atoms with Gasteiger partial charge in [-0.15, -0.1) is 0 Å². The quantitative estimate of drug-likeness (QED) is 0.910. The molecular formula is C16H22Cl2N2O. The van der Waals surface area contributed by atoms with Crippen LogP contribution in [-0.2, 0) is 10.3 Å². The smallest absolute Gasteiger partial charge is 0.222 e. The number of likely N-dealkylation sites (tertiary alicyclic amines) is 1. The van der Waals surface area contributed by atoms with Gasteiger partial charge >= 0.3 is 0 Å². The monoisotopic (exact) mass is 328 g/mol. The van der Waals surface area contributed by atoms with Crippen molar-refractivity contribution in [2.45, 2.75) is 44.7 Å². The Morgan fingerprint density at radius 2 is 2.14 bits per heavy atom. The van der Waals surface area contributed by atoms with Crippen LogP contribution in [0.4, 0.5) is 0 Å². The van der Waals surface area contributed by atoms with Gasteiger partial charge in [-0.25, -0.2) is 0 Å². The van der Waals surface area contributed by atoms with Crippen LogP contribution in [0.5, 0.6) is 0 Å². The minimum Gasteiger partial charge on any atom is -0.347 e. The first kappa shape index (κ1) is 16.6. The van der Waals surface area contributed by atoms with E-state index >= 15 is 0 Å². The van der Waals surface area contributed by atoms with Crippen LogP contribution in [0.2, 0.25) is 10.0 Å². The van der Waals surface area contributed by atoms with Crippen LogP contribution in [0, 0.1) is 0 Å². The van der Waals surface area contributed by atoms with Gasteiger partial charge in [0.1, 0.15) is 0 Å². The number of rotatable bonds is 4. The van der Waals surface area contributed by atoms with E-state index in [4.69, 9.17) is 23.2 Å². The number of carbonyl (C=O) groups is 1. The fourth-order valence-corrected chi connectivity index (χ4v) is 3.44.